The fourth-order valence-corrected chi connectivity index (χ4v) is 1.88. The molecule has 0 radical (unpaired) electrons. The molecule has 1 aromatic rings. The average molecular weight is 289 g/mol. The third-order valence-corrected chi connectivity index (χ3v) is 3.24. The fourth-order valence-electron chi connectivity index (χ4n) is 1.88. The molecule has 1 amide bonds. The van der Waals surface area contributed by atoms with Gasteiger partial charge in [-0.15, -0.1) is 0 Å². The lowest BCUT2D eigenvalue weighted by atomic mass is 10.1. The molecule has 1 rings (SSSR count). The van der Waals surface area contributed by atoms with Crippen molar-refractivity contribution in [3.05, 3.63) is 29.6 Å². The van der Waals surface area contributed by atoms with E-state index < -0.39 is 0 Å². The second kappa shape index (κ2) is 9.11. The van der Waals surface area contributed by atoms with E-state index in [4.69, 9.17) is 10.5 Å². The van der Waals surface area contributed by atoms with Crippen molar-refractivity contribution in [1.82, 2.24) is 9.88 Å². The zero-order valence-electron chi connectivity index (χ0n) is 12.9. The normalized spacial score (nSPS) is 11.4. The van der Waals surface area contributed by atoms with Gasteiger partial charge in [0.15, 0.2) is 0 Å². The van der Waals surface area contributed by atoms with Gasteiger partial charge in [0.2, 0.25) is 0 Å². The van der Waals surface area contributed by atoms with Gasteiger partial charge in [0, 0.05) is 37.7 Å². The number of carbonyl (C=O) groups is 1. The van der Waals surface area contributed by atoms with Gasteiger partial charge in [-0.2, -0.15) is 0 Å². The van der Waals surface area contributed by atoms with Crippen LogP contribution in [0.2, 0.25) is 0 Å². The van der Waals surface area contributed by atoms with Crippen molar-refractivity contribution in [3.63, 3.8) is 0 Å². The number of methoxy groups -OCH3 is 1. The molecule has 0 aliphatic carbocycles. The Hall–Kier alpha value is -1.90. The molecule has 114 valence electrons. The summed E-state index contributed by atoms with van der Waals surface area (Å²) < 4.78 is 5.08. The summed E-state index contributed by atoms with van der Waals surface area (Å²) in [6, 6.07) is 1.90. The first kappa shape index (κ1) is 17.2. The van der Waals surface area contributed by atoms with E-state index in [2.05, 4.69) is 23.7 Å². The van der Waals surface area contributed by atoms with Gasteiger partial charge < -0.3 is 15.4 Å². The third-order valence-electron chi connectivity index (χ3n) is 3.24. The van der Waals surface area contributed by atoms with Crippen molar-refractivity contribution >= 4 is 5.91 Å². The first-order chi connectivity index (χ1) is 10.1. The topological polar surface area (TPSA) is 68.5 Å². The number of pyridine rings is 1. The smallest absolute Gasteiger partial charge is 0.255 e. The van der Waals surface area contributed by atoms with Gasteiger partial charge in [-0.1, -0.05) is 18.8 Å². The SMILES string of the molecule is CCC(C)N(CCOC)C(=O)c1cncc(C#CCN)c1. The summed E-state index contributed by atoms with van der Waals surface area (Å²) in [6.07, 6.45) is 4.08. The minimum absolute atomic E-state index is 0.0506. The van der Waals surface area contributed by atoms with E-state index in [1.807, 2.05) is 6.92 Å². The van der Waals surface area contributed by atoms with Gasteiger partial charge in [0.25, 0.3) is 5.91 Å². The fraction of sp³-hybridized carbons (Fsp3) is 0.500. The molecule has 1 unspecified atom stereocenters. The van der Waals surface area contributed by atoms with Crippen molar-refractivity contribution in [3.8, 4) is 11.8 Å². The maximum Gasteiger partial charge on any atom is 0.255 e. The Kier molecular flexibility index (Phi) is 7.44. The predicted octanol–water partition coefficient (Wildman–Crippen LogP) is 1.28. The highest BCUT2D eigenvalue weighted by atomic mass is 16.5. The lowest BCUT2D eigenvalue weighted by Gasteiger charge is -2.28. The number of hydrogen-bond donors (Lipinski definition) is 1. The molecular weight excluding hydrogens is 266 g/mol. The maximum atomic E-state index is 12.6. The van der Waals surface area contributed by atoms with Crippen LogP contribution < -0.4 is 5.73 Å². The standard InChI is InChI=1S/C16H23N3O2/c1-4-13(2)19(8-9-21-3)16(20)15-10-14(6-5-7-17)11-18-12-15/h10-13H,4,7-9,17H2,1-3H3. The molecule has 1 heterocycles. The van der Waals surface area contributed by atoms with Gasteiger partial charge >= 0.3 is 0 Å². The highest BCUT2D eigenvalue weighted by Crippen LogP contribution is 2.11. The van der Waals surface area contributed by atoms with Crippen LogP contribution in [0.15, 0.2) is 18.5 Å². The molecule has 5 nitrogen and oxygen atoms in total. The Bertz CT molecular complexity index is 520. The van der Waals surface area contributed by atoms with Gasteiger partial charge in [-0.3, -0.25) is 9.78 Å². The largest absolute Gasteiger partial charge is 0.383 e. The second-order valence-corrected chi connectivity index (χ2v) is 4.72. The molecule has 0 spiro atoms. The Balaban J connectivity index is 2.97. The van der Waals surface area contributed by atoms with Crippen LogP contribution in [0.4, 0.5) is 0 Å². The van der Waals surface area contributed by atoms with Crippen molar-refractivity contribution in [2.75, 3.05) is 26.8 Å². The van der Waals surface area contributed by atoms with E-state index in [0.717, 1.165) is 6.42 Å². The maximum absolute atomic E-state index is 12.6. The molecule has 2 N–H and O–H groups in total. The number of ether oxygens (including phenoxy) is 1. The van der Waals surface area contributed by atoms with Crippen molar-refractivity contribution in [1.29, 1.82) is 0 Å². The van der Waals surface area contributed by atoms with Crippen LogP contribution in [0.25, 0.3) is 0 Å². The monoisotopic (exact) mass is 289 g/mol. The summed E-state index contributed by atoms with van der Waals surface area (Å²) >= 11 is 0. The molecule has 0 aliphatic rings. The number of rotatable bonds is 6. The summed E-state index contributed by atoms with van der Waals surface area (Å²) in [7, 11) is 1.63. The van der Waals surface area contributed by atoms with Gasteiger partial charge in [0.05, 0.1) is 18.7 Å². The zero-order chi connectivity index (χ0) is 15.7. The predicted molar refractivity (Wildman–Crippen MR) is 82.8 cm³/mol. The van der Waals surface area contributed by atoms with Crippen LogP contribution in [0.5, 0.6) is 0 Å². The van der Waals surface area contributed by atoms with Crippen LogP contribution in [-0.2, 0) is 4.74 Å². The minimum atomic E-state index is -0.0506. The van der Waals surface area contributed by atoms with Crippen LogP contribution in [0.1, 0.15) is 36.2 Å². The molecule has 0 fully saturated rings. The van der Waals surface area contributed by atoms with Crippen LogP contribution in [0.3, 0.4) is 0 Å². The van der Waals surface area contributed by atoms with Crippen molar-refractivity contribution in [2.45, 2.75) is 26.3 Å². The molecule has 21 heavy (non-hydrogen) atoms. The Labute approximate surface area is 126 Å². The number of carbonyl (C=O) groups excluding carboxylic acids is 1. The molecule has 0 saturated heterocycles. The van der Waals surface area contributed by atoms with Gasteiger partial charge in [-0.05, 0) is 19.4 Å². The van der Waals surface area contributed by atoms with Gasteiger partial charge in [-0.25, -0.2) is 0 Å². The number of amides is 1. The summed E-state index contributed by atoms with van der Waals surface area (Å²) in [5, 5.41) is 0. The summed E-state index contributed by atoms with van der Waals surface area (Å²) in [5.41, 5.74) is 6.59. The molecular formula is C16H23N3O2. The Morgan fingerprint density at radius 2 is 2.29 bits per heavy atom. The van der Waals surface area contributed by atoms with E-state index >= 15 is 0 Å². The molecule has 0 aliphatic heterocycles. The Morgan fingerprint density at radius 1 is 1.52 bits per heavy atom. The van der Waals surface area contributed by atoms with E-state index in [9.17, 15) is 4.79 Å². The van der Waals surface area contributed by atoms with Crippen LogP contribution >= 0.6 is 0 Å². The van der Waals surface area contributed by atoms with E-state index in [0.29, 0.717) is 24.3 Å². The summed E-state index contributed by atoms with van der Waals surface area (Å²) in [5.74, 6) is 5.60. The lowest BCUT2D eigenvalue weighted by molar-refractivity contribution is 0.0613. The summed E-state index contributed by atoms with van der Waals surface area (Å²) in [6.45, 7) is 5.43. The number of aromatic nitrogens is 1. The average Bonchev–Trinajstić information content (AvgIpc) is 2.52. The van der Waals surface area contributed by atoms with E-state index in [1.165, 1.54) is 0 Å². The number of hydrogen-bond acceptors (Lipinski definition) is 4. The van der Waals surface area contributed by atoms with E-state index in [-0.39, 0.29) is 18.5 Å². The highest BCUT2D eigenvalue weighted by molar-refractivity contribution is 5.94. The van der Waals surface area contributed by atoms with Gasteiger partial charge in [0.1, 0.15) is 0 Å². The van der Waals surface area contributed by atoms with Crippen molar-refractivity contribution < 1.29 is 9.53 Å². The quantitative estimate of drug-likeness (QED) is 0.801. The first-order valence-electron chi connectivity index (χ1n) is 7.07. The molecule has 0 saturated carbocycles. The number of nitrogens with two attached hydrogens (primary N) is 1. The minimum Gasteiger partial charge on any atom is -0.383 e. The lowest BCUT2D eigenvalue weighted by Crippen LogP contribution is -2.40. The Morgan fingerprint density at radius 3 is 2.90 bits per heavy atom. The van der Waals surface area contributed by atoms with Crippen LogP contribution in [0, 0.1) is 11.8 Å². The molecule has 0 bridgehead atoms. The highest BCUT2D eigenvalue weighted by Gasteiger charge is 2.20. The van der Waals surface area contributed by atoms with Crippen molar-refractivity contribution in [2.24, 2.45) is 5.73 Å². The molecule has 5 heteroatoms. The zero-order valence-corrected chi connectivity index (χ0v) is 12.9. The van der Waals surface area contributed by atoms with Crippen LogP contribution in [-0.4, -0.2) is 48.6 Å². The molecule has 0 aromatic carbocycles. The van der Waals surface area contributed by atoms with E-state index in [1.54, 1.807) is 30.5 Å². The molecule has 1 aromatic heterocycles. The second-order valence-electron chi connectivity index (χ2n) is 4.72. The number of nitrogens with zero attached hydrogens (tertiary/aromatic N) is 2. The third kappa shape index (κ3) is 5.18. The first-order valence-corrected chi connectivity index (χ1v) is 7.07. The molecule has 1 atom stereocenters. The summed E-state index contributed by atoms with van der Waals surface area (Å²) in [4.78, 5) is 18.5.